The molecule has 0 aliphatic carbocycles. The summed E-state index contributed by atoms with van der Waals surface area (Å²) in [6, 6.07) is 6.11. The summed E-state index contributed by atoms with van der Waals surface area (Å²) in [5.74, 6) is 1.68. The summed E-state index contributed by atoms with van der Waals surface area (Å²) < 4.78 is 10.3. The molecular formula is C26H37N5O4. The third kappa shape index (κ3) is 5.00. The molecule has 3 heterocycles. The van der Waals surface area contributed by atoms with Gasteiger partial charge in [-0.15, -0.1) is 0 Å². The average molecular weight is 484 g/mol. The van der Waals surface area contributed by atoms with Crippen LogP contribution >= 0.6 is 0 Å². The van der Waals surface area contributed by atoms with E-state index in [1.54, 1.807) is 11.6 Å². The second-order valence-corrected chi connectivity index (χ2v) is 9.96. The number of nitrogens with zero attached hydrogens (tertiary/aromatic N) is 5. The molecule has 1 aliphatic rings. The normalized spacial score (nSPS) is 15.6. The van der Waals surface area contributed by atoms with Crippen molar-refractivity contribution >= 4 is 17.1 Å². The quantitative estimate of drug-likeness (QED) is 0.555. The van der Waals surface area contributed by atoms with Gasteiger partial charge in [-0.25, -0.2) is 4.79 Å². The Morgan fingerprint density at radius 2 is 1.74 bits per heavy atom. The molecule has 0 amide bonds. The van der Waals surface area contributed by atoms with E-state index in [4.69, 9.17) is 9.72 Å². The molecule has 4 rings (SSSR count). The smallest absolute Gasteiger partial charge is 0.332 e. The molecule has 9 heteroatoms. The molecule has 9 nitrogen and oxygen atoms in total. The van der Waals surface area contributed by atoms with Gasteiger partial charge in [0.1, 0.15) is 18.5 Å². The van der Waals surface area contributed by atoms with Gasteiger partial charge >= 0.3 is 5.69 Å². The summed E-state index contributed by atoms with van der Waals surface area (Å²) in [6.45, 7) is 8.10. The van der Waals surface area contributed by atoms with Gasteiger partial charge in [-0.1, -0.05) is 38.8 Å². The van der Waals surface area contributed by atoms with Crippen LogP contribution in [0.2, 0.25) is 0 Å². The summed E-state index contributed by atoms with van der Waals surface area (Å²) in [4.78, 5) is 32.6. The van der Waals surface area contributed by atoms with Gasteiger partial charge < -0.3 is 19.3 Å². The Balaban J connectivity index is 1.69. The fourth-order valence-electron chi connectivity index (χ4n) is 4.81. The number of aromatic nitrogens is 4. The molecule has 190 valence electrons. The van der Waals surface area contributed by atoms with Crippen LogP contribution in [0.3, 0.4) is 0 Å². The second-order valence-electron chi connectivity index (χ2n) is 9.96. The van der Waals surface area contributed by atoms with Crippen molar-refractivity contribution in [3.8, 4) is 5.75 Å². The standard InChI is InChI=1S/C26H37N5O4/c1-17(2)20-11-10-18(3)14-21(20)35-16-19(32)15-31-22-23(28(4)26(34)29(5)24(22)33)27-25(31)30-12-8-6-7-9-13-30/h10-11,14,17,19,32H,6-9,12-13,15-16H2,1-5H3/t19-/m1/s1. The highest BCUT2D eigenvalue weighted by atomic mass is 16.5. The van der Waals surface area contributed by atoms with Gasteiger partial charge in [-0.05, 0) is 42.9 Å². The molecule has 35 heavy (non-hydrogen) atoms. The number of aliphatic hydroxyl groups excluding tert-OH is 1. The van der Waals surface area contributed by atoms with Crippen molar-refractivity contribution in [3.05, 3.63) is 50.2 Å². The molecule has 1 fully saturated rings. The maximum absolute atomic E-state index is 13.2. The third-order valence-electron chi connectivity index (χ3n) is 6.83. The monoisotopic (exact) mass is 483 g/mol. The fourth-order valence-corrected chi connectivity index (χ4v) is 4.81. The first-order chi connectivity index (χ1) is 16.7. The third-order valence-corrected chi connectivity index (χ3v) is 6.83. The van der Waals surface area contributed by atoms with Gasteiger partial charge in [0.05, 0.1) is 6.54 Å². The molecule has 2 aromatic heterocycles. The minimum absolute atomic E-state index is 0.0777. The van der Waals surface area contributed by atoms with E-state index in [1.807, 2.05) is 13.0 Å². The van der Waals surface area contributed by atoms with E-state index in [2.05, 4.69) is 30.9 Å². The predicted octanol–water partition coefficient (Wildman–Crippen LogP) is 2.69. The zero-order valence-corrected chi connectivity index (χ0v) is 21.5. The topological polar surface area (TPSA) is 94.5 Å². The van der Waals surface area contributed by atoms with Crippen LogP contribution in [0.5, 0.6) is 5.75 Å². The average Bonchev–Trinajstić information content (AvgIpc) is 2.99. The highest BCUT2D eigenvalue weighted by Crippen LogP contribution is 2.28. The molecule has 1 atom stereocenters. The van der Waals surface area contributed by atoms with E-state index in [0.717, 1.165) is 60.2 Å². The number of rotatable bonds is 7. The minimum Gasteiger partial charge on any atom is -0.491 e. The molecule has 0 spiro atoms. The number of hydrogen-bond acceptors (Lipinski definition) is 6. The molecule has 3 aromatic rings. The van der Waals surface area contributed by atoms with Crippen molar-refractivity contribution in [2.45, 2.75) is 65.0 Å². The van der Waals surface area contributed by atoms with E-state index in [1.165, 1.54) is 11.6 Å². The molecule has 0 radical (unpaired) electrons. The molecular weight excluding hydrogens is 446 g/mol. The van der Waals surface area contributed by atoms with Crippen molar-refractivity contribution in [1.29, 1.82) is 0 Å². The summed E-state index contributed by atoms with van der Waals surface area (Å²) in [7, 11) is 3.09. The number of ether oxygens (including phenoxy) is 1. The van der Waals surface area contributed by atoms with Gasteiger partial charge in [-0.3, -0.25) is 13.9 Å². The summed E-state index contributed by atoms with van der Waals surface area (Å²) in [6.07, 6.45) is 3.51. The zero-order chi connectivity index (χ0) is 25.3. The molecule has 1 aromatic carbocycles. The maximum Gasteiger partial charge on any atom is 0.332 e. The summed E-state index contributed by atoms with van der Waals surface area (Å²) in [5.41, 5.74) is 2.01. The number of imidazole rings is 1. The van der Waals surface area contributed by atoms with Gasteiger partial charge in [0.25, 0.3) is 5.56 Å². The Morgan fingerprint density at radius 1 is 1.06 bits per heavy atom. The number of hydrogen-bond donors (Lipinski definition) is 1. The lowest BCUT2D eigenvalue weighted by Gasteiger charge is -2.24. The van der Waals surface area contributed by atoms with E-state index in [9.17, 15) is 14.7 Å². The van der Waals surface area contributed by atoms with Crippen molar-refractivity contribution in [2.24, 2.45) is 14.1 Å². The maximum atomic E-state index is 13.2. The van der Waals surface area contributed by atoms with E-state index in [-0.39, 0.29) is 13.2 Å². The van der Waals surface area contributed by atoms with Crippen LogP contribution in [0, 0.1) is 6.92 Å². The Hall–Kier alpha value is -3.07. The first-order valence-electron chi connectivity index (χ1n) is 12.5. The van der Waals surface area contributed by atoms with Gasteiger partial charge in [0, 0.05) is 27.2 Å². The van der Waals surface area contributed by atoms with E-state index in [0.29, 0.717) is 23.0 Å². The first-order valence-corrected chi connectivity index (χ1v) is 12.5. The summed E-state index contributed by atoms with van der Waals surface area (Å²) in [5, 5.41) is 11.0. The highest BCUT2D eigenvalue weighted by Gasteiger charge is 2.25. The minimum atomic E-state index is -0.874. The SMILES string of the molecule is Cc1ccc(C(C)C)c(OC[C@H](O)Cn2c(N3CCCCCC3)nc3c2c(=O)n(C)c(=O)n3C)c1. The number of fused-ring (bicyclic) bond motifs is 1. The molecule has 0 unspecified atom stereocenters. The van der Waals surface area contributed by atoms with E-state index >= 15 is 0 Å². The Bertz CT molecular complexity index is 1310. The number of aliphatic hydroxyl groups is 1. The van der Waals surface area contributed by atoms with Crippen molar-refractivity contribution in [1.82, 2.24) is 18.7 Å². The lowest BCUT2D eigenvalue weighted by molar-refractivity contribution is 0.0930. The molecule has 1 saturated heterocycles. The number of aryl methyl sites for hydroxylation is 2. The van der Waals surface area contributed by atoms with Crippen LogP contribution in [-0.4, -0.2) is 49.6 Å². The van der Waals surface area contributed by atoms with Crippen LogP contribution in [0.4, 0.5) is 5.95 Å². The van der Waals surface area contributed by atoms with Crippen molar-refractivity contribution in [3.63, 3.8) is 0 Å². The molecule has 1 aliphatic heterocycles. The molecule has 0 bridgehead atoms. The largest absolute Gasteiger partial charge is 0.491 e. The van der Waals surface area contributed by atoms with Gasteiger partial charge in [0.2, 0.25) is 5.95 Å². The molecule has 0 saturated carbocycles. The predicted molar refractivity (Wildman–Crippen MR) is 138 cm³/mol. The highest BCUT2D eigenvalue weighted by molar-refractivity contribution is 5.74. The fraction of sp³-hybridized carbons (Fsp3) is 0.577. The Labute approximate surface area is 205 Å². The Kier molecular flexibility index (Phi) is 7.35. The lowest BCUT2D eigenvalue weighted by Crippen LogP contribution is -2.38. The van der Waals surface area contributed by atoms with Crippen molar-refractivity contribution < 1.29 is 9.84 Å². The van der Waals surface area contributed by atoms with Crippen LogP contribution in [0.25, 0.3) is 11.2 Å². The van der Waals surface area contributed by atoms with E-state index < -0.39 is 17.4 Å². The Morgan fingerprint density at radius 3 is 2.40 bits per heavy atom. The number of benzene rings is 1. The first kappa shape index (κ1) is 25.0. The van der Waals surface area contributed by atoms with Crippen LogP contribution in [0.1, 0.15) is 56.6 Å². The van der Waals surface area contributed by atoms with Crippen LogP contribution in [0.15, 0.2) is 27.8 Å². The summed E-state index contributed by atoms with van der Waals surface area (Å²) >= 11 is 0. The molecule has 1 N–H and O–H groups in total. The lowest BCUT2D eigenvalue weighted by atomic mass is 10.0. The second kappa shape index (κ2) is 10.3. The van der Waals surface area contributed by atoms with Crippen LogP contribution < -0.4 is 20.9 Å². The zero-order valence-electron chi connectivity index (χ0n) is 21.5. The van der Waals surface area contributed by atoms with Crippen molar-refractivity contribution in [2.75, 3.05) is 24.6 Å². The van der Waals surface area contributed by atoms with Gasteiger partial charge in [-0.2, -0.15) is 4.98 Å². The number of anilines is 1. The van der Waals surface area contributed by atoms with Crippen LogP contribution in [-0.2, 0) is 20.6 Å². The van der Waals surface area contributed by atoms with Gasteiger partial charge in [0.15, 0.2) is 11.2 Å².